The number of carboxylic acid groups (broad SMARTS) is 2. The molecule has 0 bridgehead atoms. The fraction of sp³-hybridized carbons (Fsp3) is 0.517. The number of guanidine groups is 1. The molecular weight excluding hydrogens is 620 g/mol. The number of benzene rings is 1. The molecule has 4 amide bonds. The molecular formula is C29H42N8O10. The van der Waals surface area contributed by atoms with Crippen LogP contribution in [0.1, 0.15) is 51.5 Å². The van der Waals surface area contributed by atoms with E-state index in [0.717, 1.165) is 11.8 Å². The number of carbonyl (C=O) groups excluding carboxylic acids is 5. The molecule has 12 N–H and O–H groups in total. The second kappa shape index (κ2) is 16.9. The third-order valence-electron chi connectivity index (χ3n) is 7.60. The summed E-state index contributed by atoms with van der Waals surface area (Å²) in [5.41, 5.74) is 15.3. The molecule has 1 aromatic rings. The number of ketones is 1. The van der Waals surface area contributed by atoms with Gasteiger partial charge in [-0.3, -0.25) is 33.8 Å². The van der Waals surface area contributed by atoms with E-state index in [-0.39, 0.29) is 50.5 Å². The summed E-state index contributed by atoms with van der Waals surface area (Å²) in [5.74, 6) is -7.34. The van der Waals surface area contributed by atoms with Crippen LogP contribution >= 0.6 is 0 Å². The van der Waals surface area contributed by atoms with E-state index in [1.54, 1.807) is 0 Å². The number of hydrogen-bond acceptors (Lipinski definition) is 10. The number of aliphatic imine (C=N–C) groups is 1. The number of nitrogens with one attached hydrogen (secondary N) is 3. The maximum atomic E-state index is 13.5. The number of hydrogen-bond donors (Lipinski definition) is 9. The number of nitrogens with two attached hydrogens (primary N) is 3. The van der Waals surface area contributed by atoms with Crippen molar-refractivity contribution in [1.82, 2.24) is 20.9 Å². The summed E-state index contributed by atoms with van der Waals surface area (Å²) in [7, 11) is 0. The van der Waals surface area contributed by atoms with E-state index in [2.05, 4.69) is 20.9 Å². The summed E-state index contributed by atoms with van der Waals surface area (Å²) >= 11 is 0. The predicted molar refractivity (Wildman–Crippen MR) is 165 cm³/mol. The van der Waals surface area contributed by atoms with Crippen molar-refractivity contribution >= 4 is 47.3 Å². The van der Waals surface area contributed by atoms with Gasteiger partial charge >= 0.3 is 11.9 Å². The van der Waals surface area contributed by atoms with Crippen LogP contribution in [0.25, 0.3) is 0 Å². The van der Waals surface area contributed by atoms with Gasteiger partial charge in [0.15, 0.2) is 17.3 Å². The number of likely N-dealkylation sites (tertiary alicyclic amines) is 1. The van der Waals surface area contributed by atoms with Gasteiger partial charge in [-0.05, 0) is 57.2 Å². The first-order valence-electron chi connectivity index (χ1n) is 14.8. The van der Waals surface area contributed by atoms with Gasteiger partial charge in [-0.1, -0.05) is 12.1 Å². The average molecular weight is 663 g/mol. The van der Waals surface area contributed by atoms with Gasteiger partial charge in [0.1, 0.15) is 29.9 Å². The highest BCUT2D eigenvalue weighted by atomic mass is 16.4. The monoisotopic (exact) mass is 662 g/mol. The number of nitrogens with zero attached hydrogens (tertiary/aromatic N) is 2. The van der Waals surface area contributed by atoms with Crippen LogP contribution in [0.15, 0.2) is 29.3 Å². The molecule has 5 atom stereocenters. The van der Waals surface area contributed by atoms with Crippen LogP contribution in [0.4, 0.5) is 0 Å². The van der Waals surface area contributed by atoms with E-state index in [1.165, 1.54) is 31.2 Å². The Kier molecular flexibility index (Phi) is 13.6. The highest BCUT2D eigenvalue weighted by Crippen LogP contribution is 2.24. The van der Waals surface area contributed by atoms with Crippen LogP contribution in [-0.2, 0) is 40.0 Å². The van der Waals surface area contributed by atoms with Crippen LogP contribution in [0.2, 0.25) is 0 Å². The van der Waals surface area contributed by atoms with E-state index < -0.39 is 77.5 Å². The summed E-state index contributed by atoms with van der Waals surface area (Å²) < 4.78 is 0. The number of Topliss-reactive ketones (excluding diaryl/α,β-unsaturated/α-hetero) is 1. The minimum atomic E-state index is -1.99. The van der Waals surface area contributed by atoms with Gasteiger partial charge in [0, 0.05) is 19.5 Å². The lowest BCUT2D eigenvalue weighted by molar-refractivity contribution is -0.148. The largest absolute Gasteiger partial charge is 0.508 e. The molecule has 1 aliphatic rings. The van der Waals surface area contributed by atoms with Crippen LogP contribution in [0.5, 0.6) is 5.75 Å². The van der Waals surface area contributed by atoms with Crippen molar-refractivity contribution in [3.8, 4) is 5.75 Å². The number of amides is 4. The summed E-state index contributed by atoms with van der Waals surface area (Å²) in [4.78, 5) is 93.3. The van der Waals surface area contributed by atoms with Crippen molar-refractivity contribution in [2.75, 3.05) is 13.1 Å². The Hall–Kier alpha value is -5.26. The summed E-state index contributed by atoms with van der Waals surface area (Å²) in [6.07, 6.45) is -0.471. The molecule has 1 fully saturated rings. The standard InChI is InChI=1S/C29H42N8O10/c1-15(23(42)36-20(26(45)46)13-17-6-8-18(39)9-7-17)34-24(43)19(14-22(40)41)35-25(44)21-5-3-12-37(21)27(47)29(32,16(2)38)10-4-11-33-28(30)31/h6-9,15,19-21,39H,3-5,10-14,32H2,1-2H3,(H,34,43)(H,35,44)(H,36,42)(H,40,41)(H,45,46)(H4,30,31,33)/t15-,19-,20-,21-,29+/m0/s1. The lowest BCUT2D eigenvalue weighted by atomic mass is 9.88. The highest BCUT2D eigenvalue weighted by Gasteiger charge is 2.46. The van der Waals surface area contributed by atoms with Crippen molar-refractivity contribution in [1.29, 1.82) is 0 Å². The normalized spacial score (nSPS) is 17.3. The number of aliphatic carboxylic acids is 2. The molecule has 258 valence electrons. The summed E-state index contributed by atoms with van der Waals surface area (Å²) in [5, 5.41) is 35.3. The third kappa shape index (κ3) is 10.9. The molecule has 0 unspecified atom stereocenters. The highest BCUT2D eigenvalue weighted by molar-refractivity contribution is 6.10. The summed E-state index contributed by atoms with van der Waals surface area (Å²) in [6, 6.07) is 0.0380. The molecule has 1 aliphatic heterocycles. The maximum Gasteiger partial charge on any atom is 0.326 e. The number of aromatic hydroxyl groups is 1. The van der Waals surface area contributed by atoms with Crippen LogP contribution in [0.3, 0.4) is 0 Å². The zero-order valence-corrected chi connectivity index (χ0v) is 26.1. The first-order chi connectivity index (χ1) is 22.0. The summed E-state index contributed by atoms with van der Waals surface area (Å²) in [6.45, 7) is 2.54. The molecule has 47 heavy (non-hydrogen) atoms. The number of rotatable bonds is 17. The zero-order valence-electron chi connectivity index (χ0n) is 26.1. The molecule has 1 aromatic carbocycles. The Morgan fingerprint density at radius 2 is 1.64 bits per heavy atom. The van der Waals surface area contributed by atoms with Crippen LogP contribution < -0.4 is 33.2 Å². The van der Waals surface area contributed by atoms with Crippen LogP contribution in [0, 0.1) is 0 Å². The predicted octanol–water partition coefficient (Wildman–Crippen LogP) is -2.70. The fourth-order valence-corrected chi connectivity index (χ4v) is 4.93. The van der Waals surface area contributed by atoms with Crippen molar-refractivity contribution in [2.45, 2.75) is 82.1 Å². The molecule has 0 aromatic heterocycles. The lowest BCUT2D eigenvalue weighted by Gasteiger charge is -2.33. The lowest BCUT2D eigenvalue weighted by Crippen LogP contribution is -2.63. The fourth-order valence-electron chi connectivity index (χ4n) is 4.93. The van der Waals surface area contributed by atoms with Crippen molar-refractivity contribution < 1.29 is 48.9 Å². The smallest absolute Gasteiger partial charge is 0.326 e. The first-order valence-corrected chi connectivity index (χ1v) is 14.8. The zero-order chi connectivity index (χ0) is 35.5. The Morgan fingerprint density at radius 3 is 2.19 bits per heavy atom. The van der Waals surface area contributed by atoms with Gasteiger partial charge in [-0.2, -0.15) is 0 Å². The number of phenolic OH excluding ortho intramolecular Hbond substituents is 1. The average Bonchev–Trinajstić information content (AvgIpc) is 3.48. The Morgan fingerprint density at radius 1 is 1.00 bits per heavy atom. The van der Waals surface area contributed by atoms with Crippen molar-refractivity contribution in [3.05, 3.63) is 29.8 Å². The van der Waals surface area contributed by atoms with Gasteiger partial charge in [-0.25, -0.2) is 4.79 Å². The maximum absolute atomic E-state index is 13.5. The molecule has 2 rings (SSSR count). The molecule has 0 radical (unpaired) electrons. The van der Waals surface area contributed by atoms with E-state index in [0.29, 0.717) is 12.0 Å². The van der Waals surface area contributed by atoms with Gasteiger partial charge in [0.05, 0.1) is 6.42 Å². The molecule has 0 aliphatic carbocycles. The van der Waals surface area contributed by atoms with Gasteiger partial charge < -0.3 is 53.4 Å². The second-order valence-electron chi connectivity index (χ2n) is 11.3. The SMILES string of the molecule is CC(=O)[C@](N)(CCCN=C(N)N)C(=O)N1CCC[C@H]1C(=O)N[C@@H](CC(=O)O)C(=O)N[C@@H](C)C(=O)N[C@@H](Cc1ccc(O)cc1)C(=O)O. The molecule has 1 heterocycles. The topological polar surface area (TPSA) is 310 Å². The van der Waals surface area contributed by atoms with Gasteiger partial charge in [-0.15, -0.1) is 0 Å². The van der Waals surface area contributed by atoms with E-state index in [4.69, 9.17) is 17.2 Å². The first kappa shape index (κ1) is 37.9. The quantitative estimate of drug-likeness (QED) is 0.0355. The molecule has 0 saturated carbocycles. The van der Waals surface area contributed by atoms with E-state index in [1.807, 2.05) is 0 Å². The van der Waals surface area contributed by atoms with Gasteiger partial charge in [0.25, 0.3) is 5.91 Å². The van der Waals surface area contributed by atoms with Crippen molar-refractivity contribution in [2.24, 2.45) is 22.2 Å². The van der Waals surface area contributed by atoms with Crippen molar-refractivity contribution in [3.63, 3.8) is 0 Å². The molecule has 1 saturated heterocycles. The Bertz CT molecular complexity index is 1380. The third-order valence-corrected chi connectivity index (χ3v) is 7.60. The van der Waals surface area contributed by atoms with E-state index >= 15 is 0 Å². The Balaban J connectivity index is 2.12. The van der Waals surface area contributed by atoms with E-state index in [9.17, 15) is 48.9 Å². The number of carbonyl (C=O) groups is 7. The minimum absolute atomic E-state index is 0.0317. The minimum Gasteiger partial charge on any atom is -0.508 e. The van der Waals surface area contributed by atoms with Crippen LogP contribution in [-0.4, -0.2) is 110 Å². The molecule has 18 nitrogen and oxygen atoms in total. The molecule has 18 heteroatoms. The second-order valence-corrected chi connectivity index (χ2v) is 11.3. The number of carboxylic acids is 2. The molecule has 0 spiro atoms. The van der Waals surface area contributed by atoms with Gasteiger partial charge in [0.2, 0.25) is 17.7 Å². The number of phenols is 1. The Labute approximate surface area is 270 Å².